The van der Waals surface area contributed by atoms with Gasteiger partial charge >= 0.3 is 5.69 Å². The first-order chi connectivity index (χ1) is 15.9. The minimum Gasteiger partial charge on any atom is -0.494 e. The van der Waals surface area contributed by atoms with Gasteiger partial charge < -0.3 is 10.1 Å². The van der Waals surface area contributed by atoms with Gasteiger partial charge in [-0.1, -0.05) is 42.5 Å². The third-order valence-corrected chi connectivity index (χ3v) is 5.49. The van der Waals surface area contributed by atoms with Crippen LogP contribution in [0.15, 0.2) is 76.4 Å². The molecule has 2 aromatic heterocycles. The molecule has 0 radical (unpaired) electrons. The molecule has 0 aliphatic rings. The molecular formula is C25H24N4O4. The Morgan fingerprint density at radius 3 is 2.33 bits per heavy atom. The van der Waals surface area contributed by atoms with Gasteiger partial charge in [0.15, 0.2) is 0 Å². The molecule has 0 bridgehead atoms. The molecule has 1 atom stereocenters. The Balaban J connectivity index is 1.72. The van der Waals surface area contributed by atoms with Gasteiger partial charge in [0.2, 0.25) is 0 Å². The van der Waals surface area contributed by atoms with Crippen LogP contribution in [0.5, 0.6) is 5.75 Å². The SMILES string of the molecule is CCOc1ccc(C(NC(=O)c2cnc3c(c2)c(=O)n(C)c(=O)n3C)c2ccccc2)cc1. The zero-order chi connectivity index (χ0) is 23.5. The zero-order valence-electron chi connectivity index (χ0n) is 18.6. The third kappa shape index (κ3) is 4.27. The second-order valence-corrected chi connectivity index (χ2v) is 7.62. The molecule has 1 N–H and O–H groups in total. The molecule has 0 saturated heterocycles. The molecule has 1 amide bonds. The first kappa shape index (κ1) is 22.0. The molecule has 33 heavy (non-hydrogen) atoms. The van der Waals surface area contributed by atoms with Crippen LogP contribution in [-0.2, 0) is 14.1 Å². The van der Waals surface area contributed by atoms with Crippen molar-refractivity contribution in [3.8, 4) is 5.75 Å². The van der Waals surface area contributed by atoms with Crippen LogP contribution in [0, 0.1) is 0 Å². The van der Waals surface area contributed by atoms with Crippen LogP contribution in [0.3, 0.4) is 0 Å². The molecule has 2 heterocycles. The first-order valence-corrected chi connectivity index (χ1v) is 10.5. The van der Waals surface area contributed by atoms with E-state index >= 15 is 0 Å². The fourth-order valence-corrected chi connectivity index (χ4v) is 3.73. The highest BCUT2D eigenvalue weighted by Crippen LogP contribution is 2.25. The lowest BCUT2D eigenvalue weighted by Gasteiger charge is -2.20. The zero-order valence-corrected chi connectivity index (χ0v) is 18.6. The first-order valence-electron chi connectivity index (χ1n) is 10.5. The maximum Gasteiger partial charge on any atom is 0.332 e. The number of aromatic nitrogens is 3. The monoisotopic (exact) mass is 444 g/mol. The van der Waals surface area contributed by atoms with E-state index in [9.17, 15) is 14.4 Å². The number of benzene rings is 2. The summed E-state index contributed by atoms with van der Waals surface area (Å²) in [5.41, 5.74) is 1.27. The second kappa shape index (κ2) is 9.12. The highest BCUT2D eigenvalue weighted by molar-refractivity contribution is 5.97. The Kier molecular flexibility index (Phi) is 6.08. The number of pyridine rings is 1. The van der Waals surface area contributed by atoms with Gasteiger partial charge in [0.1, 0.15) is 11.4 Å². The van der Waals surface area contributed by atoms with Gasteiger partial charge in [-0.25, -0.2) is 9.78 Å². The molecular weight excluding hydrogens is 420 g/mol. The smallest absolute Gasteiger partial charge is 0.332 e. The van der Waals surface area contributed by atoms with E-state index in [1.807, 2.05) is 61.5 Å². The summed E-state index contributed by atoms with van der Waals surface area (Å²) in [5.74, 6) is 0.364. The molecule has 0 aliphatic heterocycles. The average Bonchev–Trinajstić information content (AvgIpc) is 2.85. The number of nitrogens with zero attached hydrogens (tertiary/aromatic N) is 3. The van der Waals surface area contributed by atoms with Crippen molar-refractivity contribution in [3.05, 3.63) is 104 Å². The van der Waals surface area contributed by atoms with E-state index in [1.54, 1.807) is 0 Å². The Morgan fingerprint density at radius 1 is 1.00 bits per heavy atom. The minimum atomic E-state index is -0.499. The molecule has 2 aromatic carbocycles. The predicted octanol–water partition coefficient (Wildman–Crippen LogP) is 2.55. The quantitative estimate of drug-likeness (QED) is 0.493. The highest BCUT2D eigenvalue weighted by Gasteiger charge is 2.20. The summed E-state index contributed by atoms with van der Waals surface area (Å²) in [6.45, 7) is 2.49. The van der Waals surface area contributed by atoms with Crippen LogP contribution in [0.4, 0.5) is 0 Å². The number of rotatable bonds is 6. The fourth-order valence-electron chi connectivity index (χ4n) is 3.73. The number of nitrogens with one attached hydrogen (secondary N) is 1. The van der Waals surface area contributed by atoms with Gasteiger partial charge in [0.05, 0.1) is 23.6 Å². The molecule has 1 unspecified atom stereocenters. The summed E-state index contributed by atoms with van der Waals surface area (Å²) in [5, 5.41) is 3.24. The van der Waals surface area contributed by atoms with Crippen LogP contribution < -0.4 is 21.3 Å². The van der Waals surface area contributed by atoms with Crippen molar-refractivity contribution in [1.29, 1.82) is 0 Å². The molecule has 168 valence electrons. The summed E-state index contributed by atoms with van der Waals surface area (Å²) in [7, 11) is 2.93. The van der Waals surface area contributed by atoms with Crippen molar-refractivity contribution in [3.63, 3.8) is 0 Å². The number of fused-ring (bicyclic) bond motifs is 1. The van der Waals surface area contributed by atoms with Crippen LogP contribution in [0.25, 0.3) is 11.0 Å². The molecule has 4 rings (SSSR count). The summed E-state index contributed by atoms with van der Waals surface area (Å²) in [6.07, 6.45) is 1.37. The number of carbonyl (C=O) groups is 1. The van der Waals surface area contributed by atoms with Crippen LogP contribution in [-0.4, -0.2) is 26.6 Å². The lowest BCUT2D eigenvalue weighted by atomic mass is 9.98. The summed E-state index contributed by atoms with van der Waals surface area (Å²) < 4.78 is 7.81. The van der Waals surface area contributed by atoms with Gasteiger partial charge in [-0.15, -0.1) is 0 Å². The molecule has 4 aromatic rings. The van der Waals surface area contributed by atoms with Crippen molar-refractivity contribution in [2.75, 3.05) is 6.61 Å². The highest BCUT2D eigenvalue weighted by atomic mass is 16.5. The van der Waals surface area contributed by atoms with Crippen molar-refractivity contribution in [2.45, 2.75) is 13.0 Å². The molecule has 0 spiro atoms. The van der Waals surface area contributed by atoms with Gasteiger partial charge in [-0.2, -0.15) is 0 Å². The molecule has 0 saturated carbocycles. The van der Waals surface area contributed by atoms with E-state index in [0.29, 0.717) is 6.61 Å². The van der Waals surface area contributed by atoms with E-state index in [-0.39, 0.29) is 22.5 Å². The third-order valence-electron chi connectivity index (χ3n) is 5.49. The molecule has 0 aliphatic carbocycles. The van der Waals surface area contributed by atoms with Gasteiger partial charge in [0, 0.05) is 20.3 Å². The standard InChI is InChI=1S/C25H24N4O4/c1-4-33-19-12-10-17(11-13-19)21(16-8-6-5-7-9-16)27-23(30)18-14-20-22(26-15-18)28(2)25(32)29(3)24(20)31/h5-15,21H,4H2,1-3H3,(H,27,30). The Bertz CT molecular complexity index is 1420. The minimum absolute atomic E-state index is 0.199. The second-order valence-electron chi connectivity index (χ2n) is 7.62. The lowest BCUT2D eigenvalue weighted by Crippen LogP contribution is -2.37. The fraction of sp³-hybridized carbons (Fsp3) is 0.200. The van der Waals surface area contributed by atoms with E-state index in [2.05, 4.69) is 10.3 Å². The van der Waals surface area contributed by atoms with E-state index in [0.717, 1.165) is 21.4 Å². The van der Waals surface area contributed by atoms with Crippen molar-refractivity contribution < 1.29 is 9.53 Å². The Hall–Kier alpha value is -4.20. The van der Waals surface area contributed by atoms with Crippen LogP contribution in [0.1, 0.15) is 34.5 Å². The predicted molar refractivity (Wildman–Crippen MR) is 126 cm³/mol. The van der Waals surface area contributed by atoms with Crippen LogP contribution in [0.2, 0.25) is 0 Å². The summed E-state index contributed by atoms with van der Waals surface area (Å²) in [6, 6.07) is 18.2. The Labute approximate surface area is 190 Å². The van der Waals surface area contributed by atoms with E-state index in [4.69, 9.17) is 4.74 Å². The summed E-state index contributed by atoms with van der Waals surface area (Å²) in [4.78, 5) is 42.2. The van der Waals surface area contributed by atoms with Crippen molar-refractivity contribution >= 4 is 16.9 Å². The van der Waals surface area contributed by atoms with Gasteiger partial charge in [-0.05, 0) is 36.2 Å². The largest absolute Gasteiger partial charge is 0.494 e. The van der Waals surface area contributed by atoms with Crippen molar-refractivity contribution in [2.24, 2.45) is 14.1 Å². The maximum atomic E-state index is 13.2. The number of amides is 1. The number of aryl methyl sites for hydroxylation is 1. The van der Waals surface area contributed by atoms with Crippen molar-refractivity contribution in [1.82, 2.24) is 19.4 Å². The van der Waals surface area contributed by atoms with E-state index in [1.165, 1.54) is 30.9 Å². The number of carbonyl (C=O) groups excluding carboxylic acids is 1. The van der Waals surface area contributed by atoms with E-state index < -0.39 is 17.3 Å². The van der Waals surface area contributed by atoms with Gasteiger partial charge in [0.25, 0.3) is 11.5 Å². The molecule has 8 nitrogen and oxygen atoms in total. The number of hydrogen-bond acceptors (Lipinski definition) is 5. The number of hydrogen-bond donors (Lipinski definition) is 1. The normalized spacial score (nSPS) is 11.8. The summed E-state index contributed by atoms with van der Waals surface area (Å²) >= 11 is 0. The lowest BCUT2D eigenvalue weighted by molar-refractivity contribution is 0.0942. The average molecular weight is 444 g/mol. The number of ether oxygens (including phenoxy) is 1. The van der Waals surface area contributed by atoms with Crippen LogP contribution >= 0.6 is 0 Å². The maximum absolute atomic E-state index is 13.2. The molecule has 0 fully saturated rings. The Morgan fingerprint density at radius 2 is 1.67 bits per heavy atom. The van der Waals surface area contributed by atoms with Gasteiger partial charge in [-0.3, -0.25) is 18.7 Å². The molecule has 8 heteroatoms. The topological polar surface area (TPSA) is 95.2 Å².